The van der Waals surface area contributed by atoms with Gasteiger partial charge >= 0.3 is 0 Å². The number of nitrogens with zero attached hydrogens (tertiary/aromatic N) is 1. The van der Waals surface area contributed by atoms with E-state index in [2.05, 4.69) is 43.1 Å². The van der Waals surface area contributed by atoms with Gasteiger partial charge in [0.1, 0.15) is 0 Å². The second-order valence-electron chi connectivity index (χ2n) is 3.48. The number of aliphatic imine (C=N–C) groups is 1. The predicted octanol–water partition coefficient (Wildman–Crippen LogP) is 4.14. The Kier molecular flexibility index (Phi) is 4.98. The van der Waals surface area contributed by atoms with Gasteiger partial charge in [-0.1, -0.05) is 44.9 Å². The second kappa shape index (κ2) is 6.36. The zero-order chi connectivity index (χ0) is 10.2. The molecule has 76 valence electrons. The van der Waals surface area contributed by atoms with Crippen LogP contribution in [-0.4, -0.2) is 6.21 Å². The van der Waals surface area contributed by atoms with Crippen LogP contribution in [0.4, 0.5) is 5.69 Å². The van der Waals surface area contributed by atoms with Crippen LogP contribution in [0.2, 0.25) is 0 Å². The Morgan fingerprint density at radius 3 is 2.64 bits per heavy atom. The van der Waals surface area contributed by atoms with Crippen LogP contribution in [0.3, 0.4) is 0 Å². The largest absolute Gasteiger partial charge is 0.261 e. The summed E-state index contributed by atoms with van der Waals surface area (Å²) in [6.07, 6.45) is 6.56. The summed E-state index contributed by atoms with van der Waals surface area (Å²) in [6.45, 7) is 4.37. The van der Waals surface area contributed by atoms with Crippen molar-refractivity contribution in [2.45, 2.75) is 39.5 Å². The van der Waals surface area contributed by atoms with Crippen molar-refractivity contribution >= 4 is 11.9 Å². The van der Waals surface area contributed by atoms with E-state index in [1.54, 1.807) is 0 Å². The molecule has 0 fully saturated rings. The van der Waals surface area contributed by atoms with E-state index in [-0.39, 0.29) is 0 Å². The van der Waals surface area contributed by atoms with E-state index in [4.69, 9.17) is 0 Å². The minimum absolute atomic E-state index is 1.07. The molecule has 14 heavy (non-hydrogen) atoms. The molecule has 0 unspecified atom stereocenters. The Morgan fingerprint density at radius 2 is 1.93 bits per heavy atom. The molecule has 1 heteroatoms. The molecule has 0 N–H and O–H groups in total. The van der Waals surface area contributed by atoms with Crippen LogP contribution in [0.25, 0.3) is 0 Å². The van der Waals surface area contributed by atoms with E-state index in [0.29, 0.717) is 0 Å². The fourth-order valence-corrected chi connectivity index (χ4v) is 1.41. The molecule has 0 spiro atoms. The number of hydrogen-bond donors (Lipinski definition) is 0. The van der Waals surface area contributed by atoms with Gasteiger partial charge in [0.25, 0.3) is 0 Å². The summed E-state index contributed by atoms with van der Waals surface area (Å²) in [6, 6.07) is 8.40. The molecule has 1 aromatic carbocycles. The van der Waals surface area contributed by atoms with Crippen LogP contribution < -0.4 is 0 Å². The van der Waals surface area contributed by atoms with Crippen LogP contribution >= 0.6 is 0 Å². The van der Waals surface area contributed by atoms with Crippen molar-refractivity contribution in [1.82, 2.24) is 0 Å². The van der Waals surface area contributed by atoms with Gasteiger partial charge in [-0.25, -0.2) is 0 Å². The first-order valence-electron chi connectivity index (χ1n) is 5.49. The molecule has 0 aliphatic carbocycles. The normalized spacial score (nSPS) is 11.0. The number of unbranched alkanes of at least 4 members (excludes halogenated alkanes) is 1. The highest BCUT2D eigenvalue weighted by Crippen LogP contribution is 2.19. The molecule has 0 heterocycles. The summed E-state index contributed by atoms with van der Waals surface area (Å²) >= 11 is 0. The smallest absolute Gasteiger partial charge is 0.0657 e. The molecule has 0 bridgehead atoms. The molecule has 0 saturated heterocycles. The Balaban J connectivity index is 2.73. The minimum atomic E-state index is 1.07. The molecule has 0 aliphatic heterocycles. The van der Waals surface area contributed by atoms with E-state index in [9.17, 15) is 0 Å². The molecule has 0 amide bonds. The average molecular weight is 189 g/mol. The maximum Gasteiger partial charge on any atom is 0.0657 e. The lowest BCUT2D eigenvalue weighted by atomic mass is 10.1. The number of para-hydroxylation sites is 1. The lowest BCUT2D eigenvalue weighted by Crippen LogP contribution is -1.83. The number of hydrogen-bond acceptors (Lipinski definition) is 1. The molecule has 0 radical (unpaired) electrons. The highest BCUT2D eigenvalue weighted by molar-refractivity contribution is 5.64. The van der Waals surface area contributed by atoms with Crippen molar-refractivity contribution in [3.8, 4) is 0 Å². The third-order valence-corrected chi connectivity index (χ3v) is 2.16. The lowest BCUT2D eigenvalue weighted by Gasteiger charge is -2.02. The molecule has 0 aliphatic rings. The molecule has 0 saturated carbocycles. The van der Waals surface area contributed by atoms with Gasteiger partial charge in [-0.05, 0) is 24.5 Å². The topological polar surface area (TPSA) is 12.4 Å². The lowest BCUT2D eigenvalue weighted by molar-refractivity contribution is 0.921. The van der Waals surface area contributed by atoms with Crippen molar-refractivity contribution in [1.29, 1.82) is 0 Å². The molecule has 1 nitrogen and oxygen atoms in total. The fourth-order valence-electron chi connectivity index (χ4n) is 1.41. The summed E-state index contributed by atoms with van der Waals surface area (Å²) in [5, 5.41) is 0. The first kappa shape index (κ1) is 11.0. The van der Waals surface area contributed by atoms with E-state index in [0.717, 1.165) is 18.5 Å². The van der Waals surface area contributed by atoms with Crippen molar-refractivity contribution in [3.05, 3.63) is 29.8 Å². The third kappa shape index (κ3) is 3.33. The van der Waals surface area contributed by atoms with Crippen molar-refractivity contribution in [3.63, 3.8) is 0 Å². The summed E-state index contributed by atoms with van der Waals surface area (Å²) in [4.78, 5) is 4.49. The first-order chi connectivity index (χ1) is 6.88. The highest BCUT2D eigenvalue weighted by Gasteiger charge is 1.96. The van der Waals surface area contributed by atoms with E-state index < -0.39 is 0 Å². The van der Waals surface area contributed by atoms with E-state index >= 15 is 0 Å². The summed E-state index contributed by atoms with van der Waals surface area (Å²) in [7, 11) is 0. The van der Waals surface area contributed by atoms with Gasteiger partial charge in [-0.3, -0.25) is 4.99 Å². The van der Waals surface area contributed by atoms with Crippen LogP contribution in [0.5, 0.6) is 0 Å². The molecular weight excluding hydrogens is 170 g/mol. The zero-order valence-electron chi connectivity index (χ0n) is 9.16. The van der Waals surface area contributed by atoms with Gasteiger partial charge in [0.15, 0.2) is 0 Å². The quantitative estimate of drug-likeness (QED) is 0.617. The van der Waals surface area contributed by atoms with E-state index in [1.807, 2.05) is 6.21 Å². The predicted molar refractivity (Wildman–Crippen MR) is 63.5 cm³/mol. The highest BCUT2D eigenvalue weighted by atomic mass is 14.7. The number of benzene rings is 1. The first-order valence-corrected chi connectivity index (χ1v) is 5.49. The summed E-state index contributed by atoms with van der Waals surface area (Å²) in [5.74, 6) is 0. The monoisotopic (exact) mass is 189 g/mol. The van der Waals surface area contributed by atoms with Gasteiger partial charge in [0.2, 0.25) is 0 Å². The van der Waals surface area contributed by atoms with Crippen LogP contribution in [0, 0.1) is 0 Å². The van der Waals surface area contributed by atoms with E-state index in [1.165, 1.54) is 18.4 Å². The van der Waals surface area contributed by atoms with Gasteiger partial charge in [0, 0.05) is 6.21 Å². The van der Waals surface area contributed by atoms with Crippen molar-refractivity contribution < 1.29 is 0 Å². The Hall–Kier alpha value is -1.11. The summed E-state index contributed by atoms with van der Waals surface area (Å²) < 4.78 is 0. The van der Waals surface area contributed by atoms with Gasteiger partial charge in [-0.2, -0.15) is 0 Å². The van der Waals surface area contributed by atoms with Gasteiger partial charge < -0.3 is 0 Å². The third-order valence-electron chi connectivity index (χ3n) is 2.16. The van der Waals surface area contributed by atoms with Crippen LogP contribution in [0.15, 0.2) is 29.3 Å². The maximum absolute atomic E-state index is 4.49. The fraction of sp³-hybridized carbons (Fsp3) is 0.462. The molecule has 1 aromatic rings. The maximum atomic E-state index is 4.49. The molecule has 0 atom stereocenters. The molecule has 1 rings (SSSR count). The zero-order valence-corrected chi connectivity index (χ0v) is 9.16. The van der Waals surface area contributed by atoms with Crippen molar-refractivity contribution in [2.75, 3.05) is 0 Å². The Labute approximate surface area is 86.9 Å². The average Bonchev–Trinajstić information content (AvgIpc) is 2.21. The summed E-state index contributed by atoms with van der Waals surface area (Å²) in [5.41, 5.74) is 2.50. The Morgan fingerprint density at radius 1 is 1.14 bits per heavy atom. The SMILES string of the molecule is CCC/C=N\c1ccccc1CCC. The number of rotatable bonds is 5. The molecule has 0 aromatic heterocycles. The second-order valence-corrected chi connectivity index (χ2v) is 3.48. The molecular formula is C13H19N. The van der Waals surface area contributed by atoms with Gasteiger partial charge in [-0.15, -0.1) is 0 Å². The van der Waals surface area contributed by atoms with Crippen LogP contribution in [-0.2, 0) is 6.42 Å². The van der Waals surface area contributed by atoms with Gasteiger partial charge in [0.05, 0.1) is 5.69 Å². The van der Waals surface area contributed by atoms with Crippen LogP contribution in [0.1, 0.15) is 38.7 Å². The minimum Gasteiger partial charge on any atom is -0.261 e. The Bertz CT molecular complexity index is 289. The van der Waals surface area contributed by atoms with Crippen molar-refractivity contribution in [2.24, 2.45) is 4.99 Å². The standard InChI is InChI=1S/C13H19N/c1-3-5-11-14-13-10-7-6-9-12(13)8-4-2/h6-7,9-11H,3-5,8H2,1-2H3/b14-11-. The number of aryl methyl sites for hydroxylation is 1.